The lowest BCUT2D eigenvalue weighted by Gasteiger charge is -2.13. The number of carbonyl (C=O) groups is 1. The predicted molar refractivity (Wildman–Crippen MR) is 113 cm³/mol. The van der Waals surface area contributed by atoms with Crippen molar-refractivity contribution >= 4 is 23.1 Å². The second-order valence-electron chi connectivity index (χ2n) is 6.67. The molecule has 1 heterocycles. The lowest BCUT2D eigenvalue weighted by molar-refractivity contribution is 0.102. The van der Waals surface area contributed by atoms with E-state index in [2.05, 4.69) is 20.6 Å². The molecule has 1 amide bonds. The minimum atomic E-state index is -0.348. The van der Waals surface area contributed by atoms with Gasteiger partial charge in [-0.05, 0) is 56.2 Å². The third-order valence-corrected chi connectivity index (χ3v) is 4.29. The molecule has 1 aromatic heterocycles. The summed E-state index contributed by atoms with van der Waals surface area (Å²) in [6.45, 7) is 5.67. The van der Waals surface area contributed by atoms with Crippen LogP contribution < -0.4 is 20.1 Å². The smallest absolute Gasteiger partial charge is 0.274 e. The van der Waals surface area contributed by atoms with Crippen molar-refractivity contribution in [2.24, 2.45) is 0 Å². The van der Waals surface area contributed by atoms with E-state index in [4.69, 9.17) is 9.47 Å². The Labute approximate surface area is 170 Å². The van der Waals surface area contributed by atoms with Crippen LogP contribution >= 0.6 is 0 Å². The first-order valence-electron chi connectivity index (χ1n) is 9.13. The van der Waals surface area contributed by atoms with Gasteiger partial charge < -0.3 is 20.1 Å². The Bertz CT molecular complexity index is 1050. The third-order valence-electron chi connectivity index (χ3n) is 4.29. The summed E-state index contributed by atoms with van der Waals surface area (Å²) < 4.78 is 10.7. The Morgan fingerprint density at radius 1 is 0.828 bits per heavy atom. The minimum Gasteiger partial charge on any atom is -0.495 e. The first kappa shape index (κ1) is 20.1. The fourth-order valence-electron chi connectivity index (χ4n) is 2.91. The number of benzene rings is 2. The summed E-state index contributed by atoms with van der Waals surface area (Å²) in [6.07, 6.45) is 0. The number of carbonyl (C=O) groups excluding carboxylic acids is 1. The fourth-order valence-corrected chi connectivity index (χ4v) is 2.91. The first-order chi connectivity index (χ1) is 13.9. The number of amides is 1. The number of ether oxygens (including phenoxy) is 2. The molecule has 2 aromatic carbocycles. The number of nitrogens with one attached hydrogen (secondary N) is 2. The molecular formula is C22H24N4O3. The van der Waals surface area contributed by atoms with Gasteiger partial charge in [-0.25, -0.2) is 9.97 Å². The normalized spacial score (nSPS) is 10.4. The molecule has 0 radical (unpaired) electrons. The summed E-state index contributed by atoms with van der Waals surface area (Å²) in [7, 11) is 3.17. The van der Waals surface area contributed by atoms with Crippen LogP contribution in [0.25, 0.3) is 0 Å². The van der Waals surface area contributed by atoms with Crippen LogP contribution in [0.1, 0.15) is 27.4 Å². The third kappa shape index (κ3) is 4.82. The van der Waals surface area contributed by atoms with E-state index in [-0.39, 0.29) is 11.6 Å². The number of nitrogens with zero attached hydrogens (tertiary/aromatic N) is 2. The van der Waals surface area contributed by atoms with Gasteiger partial charge in [-0.2, -0.15) is 0 Å². The topological polar surface area (TPSA) is 85.4 Å². The zero-order valence-electron chi connectivity index (χ0n) is 17.2. The van der Waals surface area contributed by atoms with E-state index in [1.165, 1.54) is 0 Å². The number of rotatable bonds is 6. The van der Waals surface area contributed by atoms with Crippen LogP contribution in [0.3, 0.4) is 0 Å². The SMILES string of the molecule is COc1ccc(C)cc1NC(=O)c1cc(Nc2cc(C)ccc2OC)nc(C)n1. The van der Waals surface area contributed by atoms with E-state index < -0.39 is 0 Å². The number of aromatic nitrogens is 2. The van der Waals surface area contributed by atoms with Crippen molar-refractivity contribution in [1.82, 2.24) is 9.97 Å². The van der Waals surface area contributed by atoms with E-state index in [1.807, 2.05) is 50.2 Å². The van der Waals surface area contributed by atoms with Gasteiger partial charge in [0, 0.05) is 6.07 Å². The van der Waals surface area contributed by atoms with Crippen LogP contribution in [0, 0.1) is 20.8 Å². The van der Waals surface area contributed by atoms with Crippen LogP contribution in [0.15, 0.2) is 42.5 Å². The van der Waals surface area contributed by atoms with Gasteiger partial charge in [0.1, 0.15) is 28.8 Å². The molecule has 0 aliphatic carbocycles. The molecule has 0 saturated heterocycles. The Hall–Kier alpha value is -3.61. The van der Waals surface area contributed by atoms with E-state index in [0.29, 0.717) is 28.8 Å². The summed E-state index contributed by atoms with van der Waals surface area (Å²) >= 11 is 0. The molecule has 2 N–H and O–H groups in total. The van der Waals surface area contributed by atoms with Gasteiger partial charge in [-0.15, -0.1) is 0 Å². The van der Waals surface area contributed by atoms with Gasteiger partial charge in [-0.1, -0.05) is 12.1 Å². The maximum Gasteiger partial charge on any atom is 0.274 e. The number of anilines is 3. The molecule has 0 saturated carbocycles. The molecule has 7 nitrogen and oxygen atoms in total. The standard InChI is InChI=1S/C22H24N4O3/c1-13-6-8-19(28-4)16(10-13)25-21-12-18(23-15(3)24-21)22(27)26-17-11-14(2)7-9-20(17)29-5/h6-12H,1-5H3,(H,26,27)(H,23,24,25). The molecule has 7 heteroatoms. The second kappa shape index (κ2) is 8.60. The largest absolute Gasteiger partial charge is 0.495 e. The van der Waals surface area contributed by atoms with Crippen LogP contribution in [-0.2, 0) is 0 Å². The van der Waals surface area contributed by atoms with Gasteiger partial charge in [0.15, 0.2) is 0 Å². The number of hydrogen-bond acceptors (Lipinski definition) is 6. The zero-order chi connectivity index (χ0) is 21.0. The van der Waals surface area contributed by atoms with Crippen molar-refractivity contribution in [3.63, 3.8) is 0 Å². The fraction of sp³-hybridized carbons (Fsp3) is 0.227. The molecule has 29 heavy (non-hydrogen) atoms. The molecule has 0 aliphatic heterocycles. The summed E-state index contributed by atoms with van der Waals surface area (Å²) in [6, 6.07) is 13.0. The molecule has 0 unspecified atom stereocenters. The summed E-state index contributed by atoms with van der Waals surface area (Å²) in [5, 5.41) is 6.08. The molecule has 0 atom stereocenters. The van der Waals surface area contributed by atoms with E-state index in [9.17, 15) is 4.79 Å². The number of hydrogen-bond donors (Lipinski definition) is 2. The van der Waals surface area contributed by atoms with Crippen molar-refractivity contribution in [1.29, 1.82) is 0 Å². The van der Waals surface area contributed by atoms with Gasteiger partial charge in [0.05, 0.1) is 25.6 Å². The monoisotopic (exact) mass is 392 g/mol. The Balaban J connectivity index is 1.89. The van der Waals surface area contributed by atoms with Gasteiger partial charge in [0.2, 0.25) is 0 Å². The van der Waals surface area contributed by atoms with Gasteiger partial charge >= 0.3 is 0 Å². The molecule has 0 bridgehead atoms. The Kier molecular flexibility index (Phi) is 5.97. The van der Waals surface area contributed by atoms with Gasteiger partial charge in [0.25, 0.3) is 5.91 Å². The summed E-state index contributed by atoms with van der Waals surface area (Å²) in [5.74, 6) is 1.89. The maximum atomic E-state index is 12.8. The highest BCUT2D eigenvalue weighted by molar-refractivity contribution is 6.04. The Morgan fingerprint density at radius 2 is 1.41 bits per heavy atom. The maximum absolute atomic E-state index is 12.8. The van der Waals surface area contributed by atoms with Crippen LogP contribution in [0.4, 0.5) is 17.2 Å². The van der Waals surface area contributed by atoms with Crippen LogP contribution in [0.2, 0.25) is 0 Å². The molecule has 150 valence electrons. The van der Waals surface area contributed by atoms with Crippen molar-refractivity contribution in [3.8, 4) is 11.5 Å². The molecule has 0 spiro atoms. The molecule has 0 fully saturated rings. The Morgan fingerprint density at radius 3 is 2.03 bits per heavy atom. The summed E-state index contributed by atoms with van der Waals surface area (Å²) in [4.78, 5) is 21.5. The lowest BCUT2D eigenvalue weighted by atomic mass is 10.2. The predicted octanol–water partition coefficient (Wildman–Crippen LogP) is 4.41. The molecule has 3 rings (SSSR count). The van der Waals surface area contributed by atoms with Crippen molar-refractivity contribution in [2.45, 2.75) is 20.8 Å². The van der Waals surface area contributed by atoms with E-state index >= 15 is 0 Å². The highest BCUT2D eigenvalue weighted by Crippen LogP contribution is 2.29. The first-order valence-corrected chi connectivity index (χ1v) is 9.13. The minimum absolute atomic E-state index is 0.246. The van der Waals surface area contributed by atoms with Crippen molar-refractivity contribution < 1.29 is 14.3 Å². The number of aryl methyl sites for hydroxylation is 3. The average molecular weight is 392 g/mol. The van der Waals surface area contributed by atoms with Crippen molar-refractivity contribution in [3.05, 3.63) is 65.1 Å². The van der Waals surface area contributed by atoms with E-state index in [1.54, 1.807) is 27.2 Å². The quantitative estimate of drug-likeness (QED) is 0.646. The molecule has 0 aliphatic rings. The zero-order valence-corrected chi connectivity index (χ0v) is 17.2. The highest BCUT2D eigenvalue weighted by Gasteiger charge is 2.14. The van der Waals surface area contributed by atoms with Gasteiger partial charge in [-0.3, -0.25) is 4.79 Å². The highest BCUT2D eigenvalue weighted by atomic mass is 16.5. The molecular weight excluding hydrogens is 368 g/mol. The van der Waals surface area contributed by atoms with Crippen molar-refractivity contribution in [2.75, 3.05) is 24.9 Å². The average Bonchev–Trinajstić information content (AvgIpc) is 2.68. The molecule has 3 aromatic rings. The number of methoxy groups -OCH3 is 2. The van der Waals surface area contributed by atoms with E-state index in [0.717, 1.165) is 16.8 Å². The van der Waals surface area contributed by atoms with Crippen LogP contribution in [0.5, 0.6) is 11.5 Å². The summed E-state index contributed by atoms with van der Waals surface area (Å²) in [5.41, 5.74) is 3.67. The second-order valence-corrected chi connectivity index (χ2v) is 6.67. The van der Waals surface area contributed by atoms with Crippen LogP contribution in [-0.4, -0.2) is 30.1 Å². The lowest BCUT2D eigenvalue weighted by Crippen LogP contribution is -2.16.